The van der Waals surface area contributed by atoms with Gasteiger partial charge in [0.05, 0.1) is 17.7 Å². The Morgan fingerprint density at radius 1 is 1.15 bits per heavy atom. The van der Waals surface area contributed by atoms with E-state index in [2.05, 4.69) is 5.32 Å². The predicted octanol–water partition coefficient (Wildman–Crippen LogP) is 3.02. The number of nitro benzene ring substituents is 1. The molecule has 1 aromatic carbocycles. The monoisotopic (exact) mass is 382 g/mol. The molecule has 0 unspecified atom stereocenters. The Labute approximate surface area is 160 Å². The molecule has 0 aliphatic carbocycles. The van der Waals surface area contributed by atoms with Gasteiger partial charge in [-0.05, 0) is 24.3 Å². The maximum atomic E-state index is 13.1. The van der Waals surface area contributed by atoms with Crippen molar-refractivity contribution < 1.29 is 18.7 Å². The van der Waals surface area contributed by atoms with E-state index in [0.717, 1.165) is 0 Å². The first-order chi connectivity index (χ1) is 13.1. The summed E-state index contributed by atoms with van der Waals surface area (Å²) in [6.07, 6.45) is 5.05. The van der Waals surface area contributed by atoms with Crippen LogP contribution in [0.25, 0.3) is 0 Å². The highest BCUT2D eigenvalue weighted by molar-refractivity contribution is 7.80. The number of thiocarbonyl (C=S) groups is 1. The Morgan fingerprint density at radius 2 is 1.85 bits per heavy atom. The molecule has 0 aliphatic heterocycles. The second-order valence-corrected chi connectivity index (χ2v) is 6.13. The smallest absolute Gasteiger partial charge is 0.270 e. The third kappa shape index (κ3) is 4.42. The number of nitrogens with one attached hydrogen (secondary N) is 1. The van der Waals surface area contributed by atoms with Gasteiger partial charge < -0.3 is 9.73 Å². The van der Waals surface area contributed by atoms with Crippen LogP contribution < -0.4 is 9.88 Å². The van der Waals surface area contributed by atoms with Crippen molar-refractivity contribution in [3.05, 3.63) is 94.7 Å². The Balaban J connectivity index is 1.86. The largest absolute Gasteiger partial charge is 0.467 e. The summed E-state index contributed by atoms with van der Waals surface area (Å²) in [5, 5.41) is 13.9. The average molecular weight is 382 g/mol. The third-order valence-electron chi connectivity index (χ3n) is 3.91. The van der Waals surface area contributed by atoms with E-state index in [9.17, 15) is 14.9 Å². The Bertz CT molecular complexity index is 941. The van der Waals surface area contributed by atoms with Crippen LogP contribution in [0.15, 0.2) is 77.7 Å². The van der Waals surface area contributed by atoms with E-state index in [1.165, 1.54) is 24.3 Å². The SMILES string of the molecule is O=C(c1ccc([N+](=O)[O-])cc1)[C@@H](C(=S)NCc1ccco1)[n+]1ccccc1. The molecular formula is C19H16N3O4S+. The van der Waals surface area contributed by atoms with Crippen molar-refractivity contribution in [3.8, 4) is 0 Å². The number of carbonyl (C=O) groups excluding carboxylic acids is 1. The van der Waals surface area contributed by atoms with E-state index in [-0.39, 0.29) is 11.5 Å². The van der Waals surface area contributed by atoms with Gasteiger partial charge in [0.15, 0.2) is 17.4 Å². The van der Waals surface area contributed by atoms with Crippen LogP contribution in [-0.4, -0.2) is 15.7 Å². The molecule has 0 amide bonds. The number of ketones is 1. The molecule has 2 heterocycles. The molecule has 1 atom stereocenters. The first-order valence-electron chi connectivity index (χ1n) is 8.11. The zero-order valence-electron chi connectivity index (χ0n) is 14.1. The van der Waals surface area contributed by atoms with Crippen LogP contribution in [0.5, 0.6) is 0 Å². The highest BCUT2D eigenvalue weighted by atomic mass is 32.1. The lowest BCUT2D eigenvalue weighted by Crippen LogP contribution is -2.51. The number of non-ortho nitro benzene ring substituents is 1. The second-order valence-electron chi connectivity index (χ2n) is 5.69. The first-order valence-corrected chi connectivity index (χ1v) is 8.51. The van der Waals surface area contributed by atoms with E-state index in [1.54, 1.807) is 47.5 Å². The molecule has 0 radical (unpaired) electrons. The van der Waals surface area contributed by atoms with E-state index in [0.29, 0.717) is 22.9 Å². The van der Waals surface area contributed by atoms with Crippen molar-refractivity contribution in [1.29, 1.82) is 0 Å². The van der Waals surface area contributed by atoms with Crippen LogP contribution in [-0.2, 0) is 6.54 Å². The standard InChI is InChI=1S/C19H15N3O4S/c23-18(14-6-8-15(9-7-14)22(24)25)17(21-10-2-1-3-11-21)19(27)20-13-16-5-4-12-26-16/h1-12,17H,13H2/p+1/t17-/m0/s1. The van der Waals surface area contributed by atoms with Gasteiger partial charge in [0, 0.05) is 29.8 Å². The molecule has 136 valence electrons. The van der Waals surface area contributed by atoms with Crippen molar-refractivity contribution in [1.82, 2.24) is 5.32 Å². The Kier molecular flexibility index (Phi) is 5.68. The molecule has 0 bridgehead atoms. The topological polar surface area (TPSA) is 89.3 Å². The van der Waals surface area contributed by atoms with E-state index < -0.39 is 11.0 Å². The quantitative estimate of drug-likeness (QED) is 0.222. The summed E-state index contributed by atoms with van der Waals surface area (Å²) in [6, 6.07) is 13.7. The normalized spacial score (nSPS) is 11.6. The van der Waals surface area contributed by atoms with Crippen molar-refractivity contribution in [3.63, 3.8) is 0 Å². The summed E-state index contributed by atoms with van der Waals surface area (Å²) in [5.41, 5.74) is 0.262. The second kappa shape index (κ2) is 8.33. The van der Waals surface area contributed by atoms with Gasteiger partial charge in [-0.3, -0.25) is 14.9 Å². The van der Waals surface area contributed by atoms with E-state index >= 15 is 0 Å². The summed E-state index contributed by atoms with van der Waals surface area (Å²) in [4.78, 5) is 23.7. The molecule has 0 saturated carbocycles. The van der Waals surface area contributed by atoms with E-state index in [1.807, 2.05) is 6.07 Å². The van der Waals surface area contributed by atoms with Gasteiger partial charge in [0.1, 0.15) is 5.76 Å². The van der Waals surface area contributed by atoms with Gasteiger partial charge in [-0.1, -0.05) is 18.3 Å². The number of hydrogen-bond donors (Lipinski definition) is 1. The molecular weight excluding hydrogens is 366 g/mol. The molecule has 1 N–H and O–H groups in total. The highest BCUT2D eigenvalue weighted by Crippen LogP contribution is 2.16. The first kappa shape index (κ1) is 18.4. The Hall–Kier alpha value is -3.39. The highest BCUT2D eigenvalue weighted by Gasteiger charge is 2.33. The van der Waals surface area contributed by atoms with Crippen LogP contribution in [0.4, 0.5) is 5.69 Å². The zero-order chi connectivity index (χ0) is 19.2. The molecule has 0 saturated heterocycles. The molecule has 2 aromatic heterocycles. The number of nitrogens with zero attached hydrogens (tertiary/aromatic N) is 2. The number of nitro groups is 1. The number of benzene rings is 1. The van der Waals surface area contributed by atoms with E-state index in [4.69, 9.17) is 16.6 Å². The molecule has 0 aliphatic rings. The van der Waals surface area contributed by atoms with Crippen LogP contribution in [0.3, 0.4) is 0 Å². The van der Waals surface area contributed by atoms with Crippen LogP contribution in [0.2, 0.25) is 0 Å². The number of carbonyl (C=O) groups is 1. The van der Waals surface area contributed by atoms with Crippen molar-refractivity contribution >= 4 is 28.7 Å². The van der Waals surface area contributed by atoms with Gasteiger partial charge >= 0.3 is 0 Å². The lowest BCUT2D eigenvalue weighted by Gasteiger charge is -2.14. The lowest BCUT2D eigenvalue weighted by atomic mass is 10.0. The lowest BCUT2D eigenvalue weighted by molar-refractivity contribution is -0.692. The van der Waals surface area contributed by atoms with Crippen LogP contribution in [0, 0.1) is 10.1 Å². The summed E-state index contributed by atoms with van der Waals surface area (Å²) >= 11 is 5.47. The van der Waals surface area contributed by atoms with Gasteiger partial charge in [-0.25, -0.2) is 0 Å². The number of Topliss-reactive ketones (excluding diaryl/α,β-unsaturated/α-hetero) is 1. The molecule has 0 fully saturated rings. The third-order valence-corrected chi connectivity index (χ3v) is 4.28. The maximum absolute atomic E-state index is 13.1. The molecule has 7 nitrogen and oxygen atoms in total. The predicted molar refractivity (Wildman–Crippen MR) is 101 cm³/mol. The summed E-state index contributed by atoms with van der Waals surface area (Å²) < 4.78 is 6.97. The van der Waals surface area contributed by atoms with Gasteiger partial charge in [-0.15, -0.1) is 0 Å². The van der Waals surface area contributed by atoms with Crippen molar-refractivity contribution in [2.24, 2.45) is 0 Å². The molecule has 27 heavy (non-hydrogen) atoms. The van der Waals surface area contributed by atoms with Gasteiger partial charge in [0.2, 0.25) is 5.78 Å². The zero-order valence-corrected chi connectivity index (χ0v) is 15.0. The summed E-state index contributed by atoms with van der Waals surface area (Å²) in [6.45, 7) is 0.350. The fraction of sp³-hybridized carbons (Fsp3) is 0.105. The number of rotatable bonds is 7. The minimum Gasteiger partial charge on any atom is -0.467 e. The fourth-order valence-corrected chi connectivity index (χ4v) is 2.86. The van der Waals surface area contributed by atoms with Gasteiger partial charge in [0.25, 0.3) is 11.7 Å². The van der Waals surface area contributed by atoms with Crippen molar-refractivity contribution in [2.45, 2.75) is 12.6 Å². The minimum absolute atomic E-state index is 0.0750. The number of hydrogen-bond acceptors (Lipinski definition) is 5. The molecule has 8 heteroatoms. The number of pyridine rings is 1. The molecule has 3 aromatic rings. The summed E-state index contributed by atoms with van der Waals surface area (Å²) in [7, 11) is 0. The molecule has 3 rings (SSSR count). The number of furan rings is 1. The minimum atomic E-state index is -0.780. The fourth-order valence-electron chi connectivity index (χ4n) is 2.56. The molecule has 0 spiro atoms. The average Bonchev–Trinajstić information content (AvgIpc) is 3.21. The Morgan fingerprint density at radius 3 is 2.44 bits per heavy atom. The summed E-state index contributed by atoms with van der Waals surface area (Å²) in [5.74, 6) is 0.426. The van der Waals surface area contributed by atoms with Crippen LogP contribution >= 0.6 is 12.2 Å². The van der Waals surface area contributed by atoms with Crippen LogP contribution in [0.1, 0.15) is 22.2 Å². The van der Waals surface area contributed by atoms with Gasteiger partial charge in [-0.2, -0.15) is 4.57 Å². The number of aromatic nitrogens is 1. The van der Waals surface area contributed by atoms with Crippen molar-refractivity contribution in [2.75, 3.05) is 0 Å². The maximum Gasteiger partial charge on any atom is 0.270 e.